The van der Waals surface area contributed by atoms with Crippen molar-refractivity contribution in [1.82, 2.24) is 10.6 Å². The van der Waals surface area contributed by atoms with Crippen LogP contribution in [-0.2, 0) is 23.7 Å². The topological polar surface area (TPSA) is 151 Å². The molecule has 46 heavy (non-hydrogen) atoms. The molecule has 1 heterocycles. The van der Waals surface area contributed by atoms with Gasteiger partial charge in [0.1, 0.15) is 35.9 Å². The van der Waals surface area contributed by atoms with Crippen LogP contribution in [0.1, 0.15) is 44.5 Å². The number of rotatable bonds is 21. The molecule has 11 nitrogen and oxygen atoms in total. The lowest BCUT2D eigenvalue weighted by Crippen LogP contribution is -2.29. The molecule has 0 radical (unpaired) electrons. The molecule has 258 valence electrons. The normalized spacial score (nSPS) is 19.1. The summed E-state index contributed by atoms with van der Waals surface area (Å²) in [6.45, 7) is 9.87. The summed E-state index contributed by atoms with van der Waals surface area (Å²) in [6.07, 6.45) is 2.15. The van der Waals surface area contributed by atoms with Crippen molar-refractivity contribution < 1.29 is 38.4 Å². The zero-order valence-corrected chi connectivity index (χ0v) is 30.5. The van der Waals surface area contributed by atoms with E-state index in [0.717, 1.165) is 0 Å². The number of aliphatic hydroxyl groups excluding tert-OH is 1. The Kier molecular flexibility index (Phi) is 20.6. The summed E-state index contributed by atoms with van der Waals surface area (Å²) in [5.74, 6) is 6.06. The minimum atomic E-state index is -0.352. The number of nitrogens with two attached hydrogens (primary N) is 1. The summed E-state index contributed by atoms with van der Waals surface area (Å²) in [6, 6.07) is 6.84. The van der Waals surface area contributed by atoms with Gasteiger partial charge in [-0.1, -0.05) is 75.9 Å². The number of aliphatic hydroxyl groups is 1. The number of benzene rings is 1. The van der Waals surface area contributed by atoms with Crippen LogP contribution in [-0.4, -0.2) is 117 Å². The summed E-state index contributed by atoms with van der Waals surface area (Å²) in [5.41, 5.74) is 5.66. The van der Waals surface area contributed by atoms with Crippen molar-refractivity contribution >= 4 is 62.3 Å². The van der Waals surface area contributed by atoms with Gasteiger partial charge in [-0.05, 0) is 37.8 Å². The number of hydrogen-bond acceptors (Lipinski definition) is 13. The van der Waals surface area contributed by atoms with E-state index in [1.807, 2.05) is 13.2 Å². The standard InChI is InChI=1S/C30H48BN3O8S4/c1-21(44-43-5)41-24-17-26(42-25(24)18-35)31-10-7-12-33-27(36)19-38-14-15-39-28(45-46-30(2,3)4)20-40-23-9-6-8-22(16-23)29(37)34-13-11-32/h6,8-9,16,21,24-26,28,31,35H,11-15,17-20,32H2,1-5H3,(H,33,36)(H,34,37)/t21-,24+,25?,26+,28?/m0/s1. The van der Waals surface area contributed by atoms with E-state index < -0.39 is 0 Å². The Labute approximate surface area is 290 Å². The van der Waals surface area contributed by atoms with Crippen LogP contribution in [0.15, 0.2) is 24.3 Å². The highest BCUT2D eigenvalue weighted by Gasteiger charge is 2.36. The third-order valence-electron chi connectivity index (χ3n) is 5.97. The highest BCUT2D eigenvalue weighted by atomic mass is 33.1. The Morgan fingerprint density at radius 2 is 2.04 bits per heavy atom. The van der Waals surface area contributed by atoms with Crippen molar-refractivity contribution in [2.24, 2.45) is 5.73 Å². The van der Waals surface area contributed by atoms with Gasteiger partial charge in [-0.15, -0.1) is 0 Å². The van der Waals surface area contributed by atoms with Gasteiger partial charge >= 0.3 is 0 Å². The smallest absolute Gasteiger partial charge is 0.251 e. The highest BCUT2D eigenvalue weighted by Crippen LogP contribution is 2.38. The first-order valence-electron chi connectivity index (χ1n) is 15.1. The monoisotopic (exact) mass is 717 g/mol. The van der Waals surface area contributed by atoms with E-state index in [1.165, 1.54) is 0 Å². The van der Waals surface area contributed by atoms with Crippen LogP contribution >= 0.6 is 43.2 Å². The molecule has 16 heteroatoms. The van der Waals surface area contributed by atoms with E-state index in [4.69, 9.17) is 29.4 Å². The fraction of sp³-hybridized carbons (Fsp3) is 0.667. The molecule has 1 fully saturated rings. The van der Waals surface area contributed by atoms with Gasteiger partial charge in [0.05, 0.1) is 32.5 Å². The van der Waals surface area contributed by atoms with Crippen LogP contribution in [0.25, 0.3) is 0 Å². The Morgan fingerprint density at radius 1 is 1.24 bits per heavy atom. The van der Waals surface area contributed by atoms with Crippen LogP contribution in [0.5, 0.6) is 5.75 Å². The maximum Gasteiger partial charge on any atom is 0.251 e. The molecule has 1 aromatic rings. The molecule has 0 bridgehead atoms. The van der Waals surface area contributed by atoms with Crippen molar-refractivity contribution in [3.8, 4) is 17.5 Å². The molecule has 2 rings (SSSR count). The lowest BCUT2D eigenvalue weighted by atomic mass is 9.71. The van der Waals surface area contributed by atoms with Crippen molar-refractivity contribution in [3.05, 3.63) is 29.8 Å². The Morgan fingerprint density at radius 3 is 2.76 bits per heavy atom. The maximum atomic E-state index is 12.2. The first-order valence-corrected chi connectivity index (χ1v) is 20.0. The average Bonchev–Trinajstić information content (AvgIpc) is 3.41. The van der Waals surface area contributed by atoms with Gasteiger partial charge in [0, 0.05) is 29.4 Å². The van der Waals surface area contributed by atoms with E-state index in [2.05, 4.69) is 43.1 Å². The largest absolute Gasteiger partial charge is 0.490 e. The van der Waals surface area contributed by atoms with Gasteiger partial charge in [-0.25, -0.2) is 0 Å². The van der Waals surface area contributed by atoms with Crippen LogP contribution in [0.2, 0.25) is 0 Å². The van der Waals surface area contributed by atoms with Crippen molar-refractivity contribution in [2.75, 3.05) is 58.9 Å². The molecular weight excluding hydrogens is 669 g/mol. The van der Waals surface area contributed by atoms with Gasteiger partial charge in [-0.2, -0.15) is 5.82 Å². The molecule has 0 aromatic heterocycles. The minimum absolute atomic E-state index is 0.00525. The third-order valence-corrected chi connectivity index (χ3v) is 11.4. The predicted octanol–water partition coefficient (Wildman–Crippen LogP) is 2.66. The van der Waals surface area contributed by atoms with Crippen molar-refractivity contribution in [3.63, 3.8) is 0 Å². The molecule has 1 aliphatic rings. The van der Waals surface area contributed by atoms with E-state index in [1.54, 1.807) is 67.4 Å². The van der Waals surface area contributed by atoms with Gasteiger partial charge in [0.15, 0.2) is 0 Å². The molecule has 1 aliphatic heterocycles. The molecule has 0 aliphatic carbocycles. The van der Waals surface area contributed by atoms with Crippen LogP contribution in [0, 0.1) is 11.7 Å². The zero-order valence-electron chi connectivity index (χ0n) is 27.3. The highest BCUT2D eigenvalue weighted by molar-refractivity contribution is 8.77. The maximum absolute atomic E-state index is 12.2. The molecule has 2 amide bonds. The van der Waals surface area contributed by atoms with Crippen molar-refractivity contribution in [1.29, 1.82) is 0 Å². The van der Waals surface area contributed by atoms with Crippen molar-refractivity contribution in [2.45, 2.75) is 67.9 Å². The zero-order chi connectivity index (χ0) is 33.8. The second-order valence-electron chi connectivity index (χ2n) is 11.1. The Balaban J connectivity index is 1.68. The first-order chi connectivity index (χ1) is 22.0. The molecule has 2 unspecified atom stereocenters. The lowest BCUT2D eigenvalue weighted by molar-refractivity contribution is -0.126. The summed E-state index contributed by atoms with van der Waals surface area (Å²) >= 11 is 0. The van der Waals surface area contributed by atoms with Crippen LogP contribution in [0.3, 0.4) is 0 Å². The molecule has 0 spiro atoms. The van der Waals surface area contributed by atoms with E-state index in [0.29, 0.717) is 38.1 Å². The number of carbonyl (C=O) groups excluding carboxylic acids is 2. The van der Waals surface area contributed by atoms with E-state index in [9.17, 15) is 14.7 Å². The van der Waals surface area contributed by atoms with Gasteiger partial charge in [0.2, 0.25) is 13.2 Å². The summed E-state index contributed by atoms with van der Waals surface area (Å²) in [5, 5.41) is 15.1. The summed E-state index contributed by atoms with van der Waals surface area (Å²) in [4.78, 5) is 24.4. The summed E-state index contributed by atoms with van der Waals surface area (Å²) in [7, 11) is 7.00. The van der Waals surface area contributed by atoms with E-state index >= 15 is 0 Å². The third kappa shape index (κ3) is 17.8. The second kappa shape index (κ2) is 23.2. The summed E-state index contributed by atoms with van der Waals surface area (Å²) < 4.78 is 29.3. The van der Waals surface area contributed by atoms with Gasteiger partial charge in [-0.3, -0.25) is 9.59 Å². The lowest BCUT2D eigenvalue weighted by Gasteiger charge is -2.22. The molecule has 0 saturated carbocycles. The SMILES string of the molecule is CSS[C@@H](C)O[C@@H]1C[C@H](BC#CCNC(=O)COCCOC(COc2cccc(C(=O)NCCN)c2)SSC(C)(C)C)OC1CO. The first kappa shape index (κ1) is 40.9. The number of hydrogen-bond donors (Lipinski definition) is 4. The number of ether oxygens (including phenoxy) is 5. The number of nitrogens with one attached hydrogen (secondary N) is 2. The number of amides is 2. The van der Waals surface area contributed by atoms with Crippen LogP contribution < -0.4 is 21.1 Å². The van der Waals surface area contributed by atoms with Gasteiger partial charge in [0.25, 0.3) is 5.91 Å². The fourth-order valence-corrected chi connectivity index (χ4v) is 7.57. The second-order valence-corrected chi connectivity index (χ2v) is 17.0. The fourth-order valence-electron chi connectivity index (χ4n) is 3.97. The molecule has 5 N–H and O–H groups in total. The predicted molar refractivity (Wildman–Crippen MR) is 193 cm³/mol. The Bertz CT molecular complexity index is 1110. The molecule has 5 atom stereocenters. The van der Waals surface area contributed by atoms with Gasteiger partial charge < -0.3 is 45.2 Å². The minimum Gasteiger partial charge on any atom is -0.490 e. The molecular formula is C30H48BN3O8S4. The van der Waals surface area contributed by atoms with Crippen LogP contribution in [0.4, 0.5) is 0 Å². The Hall–Kier alpha value is -1.26. The molecule has 1 saturated heterocycles. The number of carbonyl (C=O) groups is 2. The average molecular weight is 718 g/mol. The van der Waals surface area contributed by atoms with E-state index in [-0.39, 0.29) is 85.2 Å². The quantitative estimate of drug-likeness (QED) is 0.0486. The molecule has 1 aromatic carbocycles.